The van der Waals surface area contributed by atoms with Gasteiger partial charge in [0.25, 0.3) is 5.91 Å². The van der Waals surface area contributed by atoms with E-state index in [4.69, 9.17) is 4.74 Å². The number of rotatable bonds is 7. The van der Waals surface area contributed by atoms with Gasteiger partial charge in [-0.05, 0) is 55.6 Å². The standard InChI is InChI=1S/C22H22N2O3S/c1-4-24-19(23-21(26)16-8-6-5-7-9-16)14-18(22(24)28-3)20(25)15-10-12-17(27-2)13-11-15/h5-14H,4H2,1-3H3,(H,23,26). The van der Waals surface area contributed by atoms with Gasteiger partial charge in [0.15, 0.2) is 5.78 Å². The number of ketones is 1. The number of hydrogen-bond acceptors (Lipinski definition) is 4. The Morgan fingerprint density at radius 2 is 1.71 bits per heavy atom. The van der Waals surface area contributed by atoms with E-state index in [0.717, 1.165) is 5.03 Å². The van der Waals surface area contributed by atoms with Crippen molar-refractivity contribution in [2.24, 2.45) is 0 Å². The van der Waals surface area contributed by atoms with Crippen LogP contribution in [0.3, 0.4) is 0 Å². The molecule has 0 saturated carbocycles. The van der Waals surface area contributed by atoms with E-state index in [9.17, 15) is 9.59 Å². The molecule has 0 radical (unpaired) electrons. The van der Waals surface area contributed by atoms with Crippen molar-refractivity contribution in [1.29, 1.82) is 0 Å². The van der Waals surface area contributed by atoms with Gasteiger partial charge in [-0.25, -0.2) is 0 Å². The molecule has 6 heteroatoms. The number of hydrogen-bond donors (Lipinski definition) is 1. The van der Waals surface area contributed by atoms with E-state index in [2.05, 4.69) is 5.32 Å². The van der Waals surface area contributed by atoms with Crippen LogP contribution in [0.4, 0.5) is 5.82 Å². The smallest absolute Gasteiger partial charge is 0.256 e. The van der Waals surface area contributed by atoms with Crippen molar-refractivity contribution in [3.8, 4) is 5.75 Å². The van der Waals surface area contributed by atoms with Gasteiger partial charge in [-0.15, -0.1) is 11.8 Å². The predicted molar refractivity (Wildman–Crippen MR) is 113 cm³/mol. The summed E-state index contributed by atoms with van der Waals surface area (Å²) in [5.41, 5.74) is 1.72. The van der Waals surface area contributed by atoms with Crippen LogP contribution in [0, 0.1) is 0 Å². The fraction of sp³-hybridized carbons (Fsp3) is 0.182. The molecule has 5 nitrogen and oxygen atoms in total. The molecule has 0 spiro atoms. The van der Waals surface area contributed by atoms with Crippen molar-refractivity contribution in [2.75, 3.05) is 18.7 Å². The Kier molecular flexibility index (Phi) is 6.21. The first-order chi connectivity index (χ1) is 13.6. The third-order valence-corrected chi connectivity index (χ3v) is 5.26. The average molecular weight is 394 g/mol. The number of methoxy groups -OCH3 is 1. The number of aromatic nitrogens is 1. The highest BCUT2D eigenvalue weighted by Gasteiger charge is 2.22. The highest BCUT2D eigenvalue weighted by molar-refractivity contribution is 7.98. The van der Waals surface area contributed by atoms with Crippen LogP contribution in [0.15, 0.2) is 65.7 Å². The maximum absolute atomic E-state index is 13.1. The monoisotopic (exact) mass is 394 g/mol. The van der Waals surface area contributed by atoms with E-state index in [1.807, 2.05) is 35.9 Å². The van der Waals surface area contributed by atoms with E-state index in [1.54, 1.807) is 49.6 Å². The van der Waals surface area contributed by atoms with Crippen LogP contribution in [0.2, 0.25) is 0 Å². The highest BCUT2D eigenvalue weighted by atomic mass is 32.2. The molecule has 28 heavy (non-hydrogen) atoms. The number of carbonyl (C=O) groups is 2. The van der Waals surface area contributed by atoms with E-state index in [-0.39, 0.29) is 11.7 Å². The number of thioether (sulfide) groups is 1. The zero-order valence-electron chi connectivity index (χ0n) is 16.1. The number of nitrogens with zero attached hydrogens (tertiary/aromatic N) is 1. The summed E-state index contributed by atoms with van der Waals surface area (Å²) in [6, 6.07) is 17.8. The van der Waals surface area contributed by atoms with Gasteiger partial charge < -0.3 is 14.6 Å². The van der Waals surface area contributed by atoms with E-state index in [1.165, 1.54) is 11.8 Å². The molecule has 0 aliphatic carbocycles. The summed E-state index contributed by atoms with van der Waals surface area (Å²) in [5, 5.41) is 3.76. The van der Waals surface area contributed by atoms with Gasteiger partial charge >= 0.3 is 0 Å². The lowest BCUT2D eigenvalue weighted by Gasteiger charge is -2.11. The van der Waals surface area contributed by atoms with Crippen LogP contribution >= 0.6 is 11.8 Å². The molecule has 0 aliphatic heterocycles. The molecule has 1 amide bonds. The zero-order valence-corrected chi connectivity index (χ0v) is 16.9. The first-order valence-electron chi connectivity index (χ1n) is 8.91. The fourth-order valence-corrected chi connectivity index (χ4v) is 3.83. The van der Waals surface area contributed by atoms with Crippen molar-refractivity contribution >= 4 is 29.3 Å². The van der Waals surface area contributed by atoms with Gasteiger partial charge in [0.2, 0.25) is 0 Å². The normalized spacial score (nSPS) is 10.5. The molecule has 0 aliphatic rings. The molecule has 3 aromatic rings. The second kappa shape index (κ2) is 8.80. The Morgan fingerprint density at radius 1 is 1.04 bits per heavy atom. The second-order valence-electron chi connectivity index (χ2n) is 6.07. The summed E-state index contributed by atoms with van der Waals surface area (Å²) >= 11 is 1.49. The van der Waals surface area contributed by atoms with Gasteiger partial charge in [0.1, 0.15) is 11.6 Å². The van der Waals surface area contributed by atoms with E-state index >= 15 is 0 Å². The fourth-order valence-electron chi connectivity index (χ4n) is 3.01. The second-order valence-corrected chi connectivity index (χ2v) is 6.87. The molecule has 0 bridgehead atoms. The number of benzene rings is 2. The Balaban J connectivity index is 1.95. The summed E-state index contributed by atoms with van der Waals surface area (Å²) in [6.07, 6.45) is 1.93. The number of anilines is 1. The van der Waals surface area contributed by atoms with Crippen LogP contribution in [-0.4, -0.2) is 29.6 Å². The number of nitrogens with one attached hydrogen (secondary N) is 1. The predicted octanol–water partition coefficient (Wildman–Crippen LogP) is 4.72. The maximum Gasteiger partial charge on any atom is 0.256 e. The minimum Gasteiger partial charge on any atom is -0.497 e. The van der Waals surface area contributed by atoms with Crippen LogP contribution in [-0.2, 0) is 6.54 Å². The summed E-state index contributed by atoms with van der Waals surface area (Å²) < 4.78 is 7.11. The molecular formula is C22H22N2O3S. The molecular weight excluding hydrogens is 372 g/mol. The van der Waals surface area contributed by atoms with E-state index < -0.39 is 0 Å². The molecule has 3 rings (SSSR count). The van der Waals surface area contributed by atoms with Crippen molar-refractivity contribution < 1.29 is 14.3 Å². The third-order valence-electron chi connectivity index (χ3n) is 4.43. The largest absolute Gasteiger partial charge is 0.497 e. The van der Waals surface area contributed by atoms with E-state index in [0.29, 0.717) is 34.8 Å². The van der Waals surface area contributed by atoms with Crippen molar-refractivity contribution in [2.45, 2.75) is 18.5 Å². The average Bonchev–Trinajstić information content (AvgIpc) is 3.10. The van der Waals surface area contributed by atoms with Crippen molar-refractivity contribution in [3.05, 3.63) is 77.4 Å². The van der Waals surface area contributed by atoms with Gasteiger partial charge in [-0.1, -0.05) is 18.2 Å². The van der Waals surface area contributed by atoms with Crippen molar-refractivity contribution in [3.63, 3.8) is 0 Å². The van der Waals surface area contributed by atoms with Crippen LogP contribution < -0.4 is 10.1 Å². The summed E-state index contributed by atoms with van der Waals surface area (Å²) in [4.78, 5) is 25.7. The SMILES string of the molecule is CCn1c(NC(=O)c2ccccc2)cc(C(=O)c2ccc(OC)cc2)c1SC. The third kappa shape index (κ3) is 3.97. The summed E-state index contributed by atoms with van der Waals surface area (Å²) in [7, 11) is 1.59. The molecule has 144 valence electrons. The minimum absolute atomic E-state index is 0.0885. The molecule has 1 heterocycles. The Morgan fingerprint density at radius 3 is 2.29 bits per heavy atom. The van der Waals surface area contributed by atoms with Crippen LogP contribution in [0.25, 0.3) is 0 Å². The number of carbonyl (C=O) groups excluding carboxylic acids is 2. The maximum atomic E-state index is 13.1. The molecule has 1 aromatic heterocycles. The minimum atomic E-state index is -0.205. The molecule has 0 unspecified atom stereocenters. The Labute approximate surface area is 168 Å². The van der Waals surface area contributed by atoms with Crippen LogP contribution in [0.1, 0.15) is 33.2 Å². The molecule has 0 atom stereocenters. The number of amides is 1. The highest BCUT2D eigenvalue weighted by Crippen LogP contribution is 2.31. The zero-order chi connectivity index (χ0) is 20.1. The Bertz CT molecular complexity index is 979. The molecule has 1 N–H and O–H groups in total. The van der Waals surface area contributed by atoms with Gasteiger partial charge in [-0.3, -0.25) is 9.59 Å². The molecule has 2 aromatic carbocycles. The summed E-state index contributed by atoms with van der Waals surface area (Å²) in [5.74, 6) is 1.01. The first-order valence-corrected chi connectivity index (χ1v) is 10.1. The molecule has 0 saturated heterocycles. The first kappa shape index (κ1) is 19.8. The summed E-state index contributed by atoms with van der Waals surface area (Å²) in [6.45, 7) is 2.62. The lowest BCUT2D eigenvalue weighted by atomic mass is 10.1. The quantitative estimate of drug-likeness (QED) is 0.465. The van der Waals surface area contributed by atoms with Crippen LogP contribution in [0.5, 0.6) is 5.75 Å². The van der Waals surface area contributed by atoms with Gasteiger partial charge in [0.05, 0.1) is 17.7 Å². The van der Waals surface area contributed by atoms with Gasteiger partial charge in [0, 0.05) is 17.7 Å². The van der Waals surface area contributed by atoms with Gasteiger partial charge in [-0.2, -0.15) is 0 Å². The number of ether oxygens (including phenoxy) is 1. The lowest BCUT2D eigenvalue weighted by molar-refractivity contribution is 0.102. The topological polar surface area (TPSA) is 60.3 Å². The lowest BCUT2D eigenvalue weighted by Crippen LogP contribution is -2.15. The Hall–Kier alpha value is -2.99. The molecule has 0 fully saturated rings. The van der Waals surface area contributed by atoms with Crippen molar-refractivity contribution in [1.82, 2.24) is 4.57 Å².